The number of imidazole rings is 1. The molecule has 1 amide bonds. The second-order valence-corrected chi connectivity index (χ2v) is 6.83. The zero-order chi connectivity index (χ0) is 16.1. The number of aromatic nitrogens is 4. The Morgan fingerprint density at radius 3 is 2.96 bits per heavy atom. The van der Waals surface area contributed by atoms with Gasteiger partial charge in [0.25, 0.3) is 5.91 Å². The molecule has 5 rings (SSSR count). The molecule has 1 aliphatic carbocycles. The van der Waals surface area contributed by atoms with Crippen molar-refractivity contribution in [3.8, 4) is 0 Å². The number of hydrogen-bond donors (Lipinski definition) is 1. The largest absolute Gasteiger partial charge is 0.322 e. The van der Waals surface area contributed by atoms with Gasteiger partial charge in [0.05, 0.1) is 27.6 Å². The Morgan fingerprint density at radius 2 is 2.08 bits per heavy atom. The number of carbonyl (C=O) groups is 1. The van der Waals surface area contributed by atoms with Gasteiger partial charge in [-0.25, -0.2) is 15.0 Å². The van der Waals surface area contributed by atoms with Gasteiger partial charge in [-0.2, -0.15) is 0 Å². The van der Waals surface area contributed by atoms with Crippen molar-refractivity contribution in [3.05, 3.63) is 47.9 Å². The Hall–Kier alpha value is -2.80. The molecule has 3 heterocycles. The molecule has 7 heteroatoms. The maximum absolute atomic E-state index is 12.5. The molecular weight excluding hydrogens is 322 g/mol. The number of thiazole rings is 1. The molecule has 0 aliphatic heterocycles. The number of rotatable bonds is 3. The van der Waals surface area contributed by atoms with Crippen LogP contribution in [0.4, 0.5) is 5.69 Å². The fourth-order valence-electron chi connectivity index (χ4n) is 2.80. The van der Waals surface area contributed by atoms with Gasteiger partial charge in [0.1, 0.15) is 5.52 Å². The number of nitrogens with zero attached hydrogens (tertiary/aromatic N) is 4. The Morgan fingerprint density at radius 1 is 1.17 bits per heavy atom. The van der Waals surface area contributed by atoms with Crippen molar-refractivity contribution in [2.45, 2.75) is 18.9 Å². The van der Waals surface area contributed by atoms with E-state index in [9.17, 15) is 4.79 Å². The molecule has 1 fully saturated rings. The van der Waals surface area contributed by atoms with Crippen molar-refractivity contribution in [3.63, 3.8) is 0 Å². The third kappa shape index (κ3) is 2.25. The smallest absolute Gasteiger partial charge is 0.257 e. The highest BCUT2D eigenvalue weighted by Gasteiger charge is 2.25. The molecule has 0 saturated heterocycles. The van der Waals surface area contributed by atoms with Crippen molar-refractivity contribution < 1.29 is 4.79 Å². The Bertz CT molecular complexity index is 1080. The molecule has 1 aromatic carbocycles. The second-order valence-electron chi connectivity index (χ2n) is 5.94. The van der Waals surface area contributed by atoms with Crippen molar-refractivity contribution in [1.82, 2.24) is 19.5 Å². The highest BCUT2D eigenvalue weighted by molar-refractivity contribution is 7.16. The zero-order valence-corrected chi connectivity index (χ0v) is 13.5. The summed E-state index contributed by atoms with van der Waals surface area (Å²) in [5.41, 5.74) is 5.59. The summed E-state index contributed by atoms with van der Waals surface area (Å²) < 4.78 is 3.14. The first-order chi connectivity index (χ1) is 11.8. The topological polar surface area (TPSA) is 72.7 Å². The summed E-state index contributed by atoms with van der Waals surface area (Å²) in [5, 5.41) is 2.91. The van der Waals surface area contributed by atoms with Crippen LogP contribution >= 0.6 is 11.3 Å². The average Bonchev–Trinajstić information content (AvgIpc) is 3.18. The van der Waals surface area contributed by atoms with Crippen LogP contribution in [0.2, 0.25) is 0 Å². The Balaban J connectivity index is 1.44. The standard InChI is InChI=1S/C17H13N5OS/c23-17(21-11-1-4-13-15(6-11)24-9-20-13)10-5-14-16(18-7-10)22(8-19-14)12-2-3-12/h1,4-9,12H,2-3H2,(H,21,23). The van der Waals surface area contributed by atoms with Crippen LogP contribution in [-0.4, -0.2) is 25.4 Å². The molecule has 1 N–H and O–H groups in total. The summed E-state index contributed by atoms with van der Waals surface area (Å²) in [6, 6.07) is 8.00. The van der Waals surface area contributed by atoms with Gasteiger partial charge in [-0.1, -0.05) is 0 Å². The summed E-state index contributed by atoms with van der Waals surface area (Å²) in [6.45, 7) is 0. The highest BCUT2D eigenvalue weighted by atomic mass is 32.1. The maximum atomic E-state index is 12.5. The number of carbonyl (C=O) groups excluding carboxylic acids is 1. The van der Waals surface area contributed by atoms with Gasteiger partial charge < -0.3 is 9.88 Å². The fraction of sp³-hybridized carbons (Fsp3) is 0.176. The first-order valence-electron chi connectivity index (χ1n) is 7.75. The van der Waals surface area contributed by atoms with Crippen molar-refractivity contribution in [2.24, 2.45) is 0 Å². The van der Waals surface area contributed by atoms with Crippen LogP contribution in [0.3, 0.4) is 0 Å². The molecule has 0 unspecified atom stereocenters. The normalized spacial score (nSPS) is 14.3. The molecule has 0 atom stereocenters. The SMILES string of the molecule is O=C(Nc1ccc2ncsc2c1)c1cnc2c(c1)ncn2C1CC1. The van der Waals surface area contributed by atoms with Gasteiger partial charge in [0, 0.05) is 17.9 Å². The molecule has 1 saturated carbocycles. The second kappa shape index (κ2) is 5.10. The lowest BCUT2D eigenvalue weighted by molar-refractivity contribution is 0.102. The van der Waals surface area contributed by atoms with E-state index in [1.54, 1.807) is 29.1 Å². The molecule has 6 nitrogen and oxygen atoms in total. The first kappa shape index (κ1) is 13.6. The van der Waals surface area contributed by atoms with Gasteiger partial charge in [-0.15, -0.1) is 11.3 Å². The van der Waals surface area contributed by atoms with Gasteiger partial charge in [-0.3, -0.25) is 4.79 Å². The maximum Gasteiger partial charge on any atom is 0.257 e. The minimum atomic E-state index is -0.186. The monoisotopic (exact) mass is 335 g/mol. The predicted octanol–water partition coefficient (Wildman–Crippen LogP) is 3.63. The number of amides is 1. The number of nitrogens with one attached hydrogen (secondary N) is 1. The van der Waals surface area contributed by atoms with Crippen molar-refractivity contribution >= 4 is 44.3 Å². The van der Waals surface area contributed by atoms with Crippen LogP contribution in [0.1, 0.15) is 29.2 Å². The van der Waals surface area contributed by atoms with E-state index in [0.29, 0.717) is 11.6 Å². The van der Waals surface area contributed by atoms with Gasteiger partial charge in [0.2, 0.25) is 0 Å². The number of fused-ring (bicyclic) bond motifs is 2. The van der Waals surface area contributed by atoms with Crippen molar-refractivity contribution in [1.29, 1.82) is 0 Å². The van der Waals surface area contributed by atoms with Crippen LogP contribution in [0.15, 0.2) is 42.3 Å². The number of pyridine rings is 1. The van der Waals surface area contributed by atoms with E-state index in [1.807, 2.05) is 24.5 Å². The van der Waals surface area contributed by atoms with E-state index in [4.69, 9.17) is 0 Å². The first-order valence-corrected chi connectivity index (χ1v) is 8.63. The quantitative estimate of drug-likeness (QED) is 0.620. The lowest BCUT2D eigenvalue weighted by Gasteiger charge is -2.05. The summed E-state index contributed by atoms with van der Waals surface area (Å²) >= 11 is 1.55. The molecule has 1 aliphatic rings. The fourth-order valence-corrected chi connectivity index (χ4v) is 3.52. The minimum absolute atomic E-state index is 0.186. The van der Waals surface area contributed by atoms with E-state index in [2.05, 4.69) is 24.8 Å². The molecule has 0 spiro atoms. The third-order valence-electron chi connectivity index (χ3n) is 4.20. The van der Waals surface area contributed by atoms with Crippen LogP contribution < -0.4 is 5.32 Å². The zero-order valence-electron chi connectivity index (χ0n) is 12.6. The van der Waals surface area contributed by atoms with Gasteiger partial charge >= 0.3 is 0 Å². The van der Waals surface area contributed by atoms with Crippen LogP contribution in [0.5, 0.6) is 0 Å². The molecule has 0 bridgehead atoms. The van der Waals surface area contributed by atoms with E-state index >= 15 is 0 Å². The third-order valence-corrected chi connectivity index (χ3v) is 5.00. The molecule has 118 valence electrons. The van der Waals surface area contributed by atoms with E-state index in [-0.39, 0.29) is 5.91 Å². The number of anilines is 1. The van der Waals surface area contributed by atoms with Gasteiger partial charge in [0.15, 0.2) is 5.65 Å². The summed E-state index contributed by atoms with van der Waals surface area (Å²) in [5.74, 6) is -0.186. The highest BCUT2D eigenvalue weighted by Crippen LogP contribution is 2.36. The average molecular weight is 335 g/mol. The van der Waals surface area contributed by atoms with Crippen molar-refractivity contribution in [2.75, 3.05) is 5.32 Å². The van der Waals surface area contributed by atoms with E-state index in [0.717, 1.165) is 27.1 Å². The van der Waals surface area contributed by atoms with E-state index in [1.165, 1.54) is 12.8 Å². The molecule has 3 aromatic heterocycles. The predicted molar refractivity (Wildman–Crippen MR) is 93.4 cm³/mol. The Kier molecular flexibility index (Phi) is 2.90. The number of hydrogen-bond acceptors (Lipinski definition) is 5. The van der Waals surface area contributed by atoms with Crippen LogP contribution in [0.25, 0.3) is 21.4 Å². The van der Waals surface area contributed by atoms with Crippen LogP contribution in [0, 0.1) is 0 Å². The molecular formula is C17H13N5OS. The summed E-state index contributed by atoms with van der Waals surface area (Å²) in [7, 11) is 0. The van der Waals surface area contributed by atoms with Crippen LogP contribution in [-0.2, 0) is 0 Å². The number of benzene rings is 1. The molecule has 24 heavy (non-hydrogen) atoms. The summed E-state index contributed by atoms with van der Waals surface area (Å²) in [4.78, 5) is 25.5. The molecule has 4 aromatic rings. The Labute approximate surface area is 141 Å². The van der Waals surface area contributed by atoms with E-state index < -0.39 is 0 Å². The summed E-state index contributed by atoms with van der Waals surface area (Å²) in [6.07, 6.45) is 5.78. The minimum Gasteiger partial charge on any atom is -0.322 e. The lowest BCUT2D eigenvalue weighted by Crippen LogP contribution is -2.12. The van der Waals surface area contributed by atoms with Gasteiger partial charge in [-0.05, 0) is 37.1 Å². The molecule has 0 radical (unpaired) electrons. The lowest BCUT2D eigenvalue weighted by atomic mass is 10.2.